The van der Waals surface area contributed by atoms with Crippen LogP contribution in [0, 0.1) is 23.1 Å². The number of nitriles is 1. The highest BCUT2D eigenvalue weighted by molar-refractivity contribution is 5.16. The van der Waals surface area contributed by atoms with Gasteiger partial charge in [-0.15, -0.1) is 0 Å². The van der Waals surface area contributed by atoms with Gasteiger partial charge in [-0.2, -0.15) is 18.4 Å². The Bertz CT molecular complexity index is 436. The first-order valence-corrected chi connectivity index (χ1v) is 5.22. The van der Waals surface area contributed by atoms with E-state index in [1.807, 2.05) is 0 Å². The molecule has 1 atom stereocenters. The van der Waals surface area contributed by atoms with Gasteiger partial charge in [0.1, 0.15) is 5.82 Å². The molecule has 0 fully saturated rings. The van der Waals surface area contributed by atoms with E-state index in [1.165, 1.54) is 36.2 Å². The molecule has 0 radical (unpaired) electrons. The first-order chi connectivity index (χ1) is 8.32. The minimum Gasteiger partial charge on any atom is -0.300 e. The third-order valence-electron chi connectivity index (χ3n) is 2.39. The molecule has 0 aliphatic heterocycles. The maximum absolute atomic E-state index is 12.9. The number of rotatable bonds is 4. The Balaban J connectivity index is 2.62. The smallest absolute Gasteiger partial charge is 0.300 e. The molecule has 0 aromatic heterocycles. The van der Waals surface area contributed by atoms with Gasteiger partial charge in [0.25, 0.3) is 0 Å². The fourth-order valence-electron chi connectivity index (χ4n) is 1.54. The molecular weight excluding hydrogens is 248 g/mol. The Hall–Kier alpha value is -1.61. The van der Waals surface area contributed by atoms with Crippen molar-refractivity contribution in [2.24, 2.45) is 5.92 Å². The van der Waals surface area contributed by atoms with Crippen LogP contribution in [0.4, 0.5) is 17.6 Å². The monoisotopic (exact) mass is 260 g/mol. The average molecular weight is 260 g/mol. The van der Waals surface area contributed by atoms with Crippen LogP contribution in [-0.2, 0) is 6.54 Å². The quantitative estimate of drug-likeness (QED) is 0.778. The van der Waals surface area contributed by atoms with E-state index in [9.17, 15) is 17.6 Å². The Kier molecular flexibility index (Phi) is 4.68. The van der Waals surface area contributed by atoms with Crippen molar-refractivity contribution >= 4 is 0 Å². The molecule has 1 unspecified atom stereocenters. The molecule has 0 heterocycles. The van der Waals surface area contributed by atoms with Crippen molar-refractivity contribution in [2.75, 3.05) is 13.6 Å². The van der Waals surface area contributed by atoms with E-state index in [0.717, 1.165) is 0 Å². The Morgan fingerprint density at radius 3 is 2.56 bits per heavy atom. The van der Waals surface area contributed by atoms with E-state index in [-0.39, 0.29) is 6.54 Å². The van der Waals surface area contributed by atoms with Crippen LogP contribution in [-0.4, -0.2) is 24.7 Å². The largest absolute Gasteiger partial charge is 0.405 e. The first kappa shape index (κ1) is 14.5. The Morgan fingerprint density at radius 2 is 2.06 bits per heavy atom. The minimum absolute atomic E-state index is 0.159. The summed E-state index contributed by atoms with van der Waals surface area (Å²) in [5.74, 6) is -2.47. The van der Waals surface area contributed by atoms with Gasteiger partial charge in [-0.05, 0) is 24.7 Å². The second-order valence-corrected chi connectivity index (χ2v) is 4.05. The van der Waals surface area contributed by atoms with Crippen LogP contribution in [0.25, 0.3) is 0 Å². The molecule has 1 aromatic carbocycles. The summed E-state index contributed by atoms with van der Waals surface area (Å²) < 4.78 is 50.0. The highest BCUT2D eigenvalue weighted by atomic mass is 19.4. The maximum atomic E-state index is 12.9. The molecule has 0 spiro atoms. The lowest BCUT2D eigenvalue weighted by atomic mass is 10.1. The summed E-state index contributed by atoms with van der Waals surface area (Å²) in [5.41, 5.74) is 0.566. The lowest BCUT2D eigenvalue weighted by molar-refractivity contribution is -0.162. The van der Waals surface area contributed by atoms with Crippen LogP contribution in [0.1, 0.15) is 5.56 Å². The third kappa shape index (κ3) is 4.34. The fourth-order valence-corrected chi connectivity index (χ4v) is 1.54. The van der Waals surface area contributed by atoms with Crippen LogP contribution in [0.15, 0.2) is 24.3 Å². The van der Waals surface area contributed by atoms with Crippen LogP contribution < -0.4 is 0 Å². The van der Waals surface area contributed by atoms with E-state index in [4.69, 9.17) is 5.26 Å². The zero-order valence-corrected chi connectivity index (χ0v) is 9.71. The van der Waals surface area contributed by atoms with Crippen LogP contribution in [0.5, 0.6) is 0 Å². The Labute approximate surface area is 102 Å². The second-order valence-electron chi connectivity index (χ2n) is 4.05. The fraction of sp³-hybridized carbons (Fsp3) is 0.417. The number of alkyl halides is 3. The van der Waals surface area contributed by atoms with Gasteiger partial charge in [-0.3, -0.25) is 0 Å². The summed E-state index contributed by atoms with van der Waals surface area (Å²) in [6, 6.07) is 6.86. The molecule has 6 heteroatoms. The molecule has 0 saturated heterocycles. The minimum atomic E-state index is -4.54. The molecule has 0 N–H and O–H groups in total. The zero-order valence-electron chi connectivity index (χ0n) is 9.71. The van der Waals surface area contributed by atoms with E-state index < -0.39 is 24.5 Å². The molecule has 0 aliphatic rings. The zero-order chi connectivity index (χ0) is 13.8. The van der Waals surface area contributed by atoms with Gasteiger partial charge in [-0.1, -0.05) is 12.1 Å². The van der Waals surface area contributed by atoms with Crippen molar-refractivity contribution in [3.05, 3.63) is 35.6 Å². The molecule has 0 aliphatic carbocycles. The van der Waals surface area contributed by atoms with E-state index in [1.54, 1.807) is 6.07 Å². The van der Waals surface area contributed by atoms with Crippen LogP contribution >= 0.6 is 0 Å². The lowest BCUT2D eigenvalue weighted by Crippen LogP contribution is -2.33. The molecular formula is C12H12F4N2. The molecule has 1 aromatic rings. The van der Waals surface area contributed by atoms with E-state index in [0.29, 0.717) is 5.56 Å². The number of benzene rings is 1. The molecule has 0 bridgehead atoms. The summed E-state index contributed by atoms with van der Waals surface area (Å²) in [4.78, 5) is 1.34. The normalized spacial score (nSPS) is 13.4. The number of hydrogen-bond acceptors (Lipinski definition) is 2. The summed E-state index contributed by atoms with van der Waals surface area (Å²) in [6.07, 6.45) is -4.54. The van der Waals surface area contributed by atoms with Gasteiger partial charge in [-0.25, -0.2) is 4.39 Å². The summed E-state index contributed by atoms with van der Waals surface area (Å²) in [5, 5.41) is 8.46. The topological polar surface area (TPSA) is 27.0 Å². The molecule has 0 saturated carbocycles. The third-order valence-corrected chi connectivity index (χ3v) is 2.39. The SMILES string of the molecule is CN(Cc1cccc(F)c1)CC(C#N)C(F)(F)F. The van der Waals surface area contributed by atoms with Crippen molar-refractivity contribution in [1.82, 2.24) is 4.90 Å². The average Bonchev–Trinajstić information content (AvgIpc) is 2.24. The van der Waals surface area contributed by atoms with E-state index >= 15 is 0 Å². The summed E-state index contributed by atoms with van der Waals surface area (Å²) in [7, 11) is 1.46. The standard InChI is InChI=1S/C12H12F4N2/c1-18(8-10(6-17)12(14,15)16)7-9-3-2-4-11(13)5-9/h2-5,10H,7-8H2,1H3. The summed E-state index contributed by atoms with van der Waals surface area (Å²) in [6.45, 7) is -0.275. The molecule has 0 amide bonds. The van der Waals surface area contributed by atoms with Gasteiger partial charge >= 0.3 is 6.18 Å². The summed E-state index contributed by atoms with van der Waals surface area (Å²) >= 11 is 0. The van der Waals surface area contributed by atoms with Crippen molar-refractivity contribution < 1.29 is 17.6 Å². The lowest BCUT2D eigenvalue weighted by Gasteiger charge is -2.21. The predicted molar refractivity (Wildman–Crippen MR) is 57.9 cm³/mol. The van der Waals surface area contributed by atoms with Gasteiger partial charge in [0.15, 0.2) is 5.92 Å². The van der Waals surface area contributed by atoms with Gasteiger partial charge in [0.2, 0.25) is 0 Å². The maximum Gasteiger partial charge on any atom is 0.405 e. The van der Waals surface area contributed by atoms with Gasteiger partial charge < -0.3 is 4.90 Å². The highest BCUT2D eigenvalue weighted by Crippen LogP contribution is 2.26. The number of hydrogen-bond donors (Lipinski definition) is 0. The predicted octanol–water partition coefficient (Wildman–Crippen LogP) is 2.96. The van der Waals surface area contributed by atoms with E-state index in [2.05, 4.69) is 0 Å². The molecule has 2 nitrogen and oxygen atoms in total. The van der Waals surface area contributed by atoms with Crippen molar-refractivity contribution in [3.8, 4) is 6.07 Å². The van der Waals surface area contributed by atoms with Gasteiger partial charge in [0, 0.05) is 13.1 Å². The molecule has 98 valence electrons. The number of halogens is 4. The van der Waals surface area contributed by atoms with Crippen LogP contribution in [0.3, 0.4) is 0 Å². The second kappa shape index (κ2) is 5.83. The molecule has 1 rings (SSSR count). The number of nitrogens with zero attached hydrogens (tertiary/aromatic N) is 2. The molecule has 18 heavy (non-hydrogen) atoms. The highest BCUT2D eigenvalue weighted by Gasteiger charge is 2.40. The van der Waals surface area contributed by atoms with Crippen LogP contribution in [0.2, 0.25) is 0 Å². The first-order valence-electron chi connectivity index (χ1n) is 5.22. The van der Waals surface area contributed by atoms with Gasteiger partial charge in [0.05, 0.1) is 6.07 Å². The van der Waals surface area contributed by atoms with Crippen molar-refractivity contribution in [1.29, 1.82) is 5.26 Å². The Morgan fingerprint density at radius 1 is 1.39 bits per heavy atom. The van der Waals surface area contributed by atoms with Crippen molar-refractivity contribution in [3.63, 3.8) is 0 Å². The van der Waals surface area contributed by atoms with Crippen molar-refractivity contribution in [2.45, 2.75) is 12.7 Å².